The number of anilines is 5. The molecule has 0 aromatic heterocycles. The smallest absolute Gasteiger partial charge is 0.333 e. The van der Waals surface area contributed by atoms with E-state index in [0.717, 1.165) is 0 Å². The van der Waals surface area contributed by atoms with Crippen molar-refractivity contribution in [1.82, 2.24) is 0 Å². The Labute approximate surface area is 342 Å². The lowest BCUT2D eigenvalue weighted by Gasteiger charge is -2.51. The van der Waals surface area contributed by atoms with Crippen LogP contribution in [0.3, 0.4) is 0 Å². The monoisotopic (exact) mass is 746 g/mol. The molecule has 0 amide bonds. The van der Waals surface area contributed by atoms with E-state index < -0.39 is 0 Å². The third-order valence-corrected chi connectivity index (χ3v) is 14.6. The number of para-hydroxylation sites is 1. The van der Waals surface area contributed by atoms with E-state index in [4.69, 9.17) is 0 Å². The second-order valence-electron chi connectivity index (χ2n) is 19.2. The number of benzene rings is 8. The first-order valence-corrected chi connectivity index (χ1v) is 21.2. The van der Waals surface area contributed by atoms with Crippen LogP contribution in [0.25, 0.3) is 43.8 Å². The summed E-state index contributed by atoms with van der Waals surface area (Å²) in [5.74, 6) is 0. The molecule has 3 heteroatoms. The summed E-state index contributed by atoms with van der Waals surface area (Å²) >= 11 is 0. The van der Waals surface area contributed by atoms with Gasteiger partial charge in [0.15, 0.2) is 0 Å². The van der Waals surface area contributed by atoms with Crippen LogP contribution in [0.1, 0.15) is 76.6 Å². The Kier molecular flexibility index (Phi) is 6.77. The predicted octanol–water partition coefficient (Wildman–Crippen LogP) is 13.4. The van der Waals surface area contributed by atoms with Crippen LogP contribution in [-0.4, -0.2) is 6.85 Å². The predicted molar refractivity (Wildman–Crippen MR) is 248 cm³/mol. The molecule has 0 N–H and O–H groups in total. The molecule has 0 saturated heterocycles. The van der Waals surface area contributed by atoms with Crippen molar-refractivity contribution < 1.29 is 0 Å². The molecule has 58 heavy (non-hydrogen) atoms. The van der Waals surface area contributed by atoms with Crippen LogP contribution in [0, 0.1) is 0 Å². The molecule has 0 atom stereocenters. The fourth-order valence-corrected chi connectivity index (χ4v) is 11.4. The molecular weight excluding hydrogens is 699 g/mol. The summed E-state index contributed by atoms with van der Waals surface area (Å²) < 4.78 is 0. The maximum atomic E-state index is 2.72. The minimum absolute atomic E-state index is 0.0357. The zero-order valence-electron chi connectivity index (χ0n) is 34.3. The van der Waals surface area contributed by atoms with E-state index >= 15 is 0 Å². The highest BCUT2D eigenvalue weighted by Crippen LogP contribution is 2.58. The largest absolute Gasteiger partial charge is 0.376 e. The van der Waals surface area contributed by atoms with Crippen LogP contribution in [0.4, 0.5) is 28.4 Å². The molecule has 0 radical (unpaired) electrons. The van der Waals surface area contributed by atoms with Gasteiger partial charge in [-0.2, -0.15) is 0 Å². The Bertz CT molecular complexity index is 3050. The highest BCUT2D eigenvalue weighted by Gasteiger charge is 2.51. The molecule has 280 valence electrons. The number of hydrogen-bond donors (Lipinski definition) is 0. The molecule has 12 rings (SSSR count). The van der Waals surface area contributed by atoms with Gasteiger partial charge in [-0.05, 0) is 138 Å². The highest BCUT2D eigenvalue weighted by atomic mass is 15.2. The van der Waals surface area contributed by atoms with Gasteiger partial charge in [-0.25, -0.2) is 0 Å². The first kappa shape index (κ1) is 34.0. The summed E-state index contributed by atoms with van der Waals surface area (Å²) in [6.07, 6.45) is 2.35. The second-order valence-corrected chi connectivity index (χ2v) is 19.2. The molecule has 2 nitrogen and oxygen atoms in total. The number of fused-ring (bicyclic) bond motifs is 10. The van der Waals surface area contributed by atoms with Crippen LogP contribution in [0.15, 0.2) is 152 Å². The van der Waals surface area contributed by atoms with Gasteiger partial charge in [0.2, 0.25) is 0 Å². The SMILES string of the molecule is CC1(C)CCC(C)(C)c2cc3c(cc21)-c1c2c(cc4ccccc14)N1c4cc5ccccc5cc4C(C)(C)c4cccc(c41)B2N3c1ccc(-c2ccccc2)cc1. The van der Waals surface area contributed by atoms with Crippen molar-refractivity contribution in [2.45, 2.75) is 70.6 Å². The minimum Gasteiger partial charge on any atom is -0.376 e. The zero-order valence-corrected chi connectivity index (χ0v) is 34.3. The fraction of sp³-hybridized carbons (Fsp3) is 0.200. The topological polar surface area (TPSA) is 6.48 Å². The Morgan fingerprint density at radius 2 is 1.10 bits per heavy atom. The Hall–Kier alpha value is -6.06. The van der Waals surface area contributed by atoms with E-state index in [1.165, 1.54) is 118 Å². The summed E-state index contributed by atoms with van der Waals surface area (Å²) in [6.45, 7) is 14.7. The van der Waals surface area contributed by atoms with Gasteiger partial charge < -0.3 is 9.71 Å². The zero-order chi connectivity index (χ0) is 39.3. The van der Waals surface area contributed by atoms with Crippen molar-refractivity contribution >= 4 is 67.8 Å². The van der Waals surface area contributed by atoms with Crippen LogP contribution in [-0.2, 0) is 16.2 Å². The molecule has 1 aliphatic carbocycles. The summed E-state index contributed by atoms with van der Waals surface area (Å²) in [7, 11) is 0. The Morgan fingerprint density at radius 1 is 0.483 bits per heavy atom. The fourth-order valence-electron chi connectivity index (χ4n) is 11.4. The quantitative estimate of drug-likeness (QED) is 0.163. The van der Waals surface area contributed by atoms with E-state index in [2.05, 4.69) is 203 Å². The van der Waals surface area contributed by atoms with Crippen LogP contribution < -0.4 is 20.6 Å². The molecule has 4 aliphatic rings. The van der Waals surface area contributed by atoms with E-state index in [-0.39, 0.29) is 23.1 Å². The molecule has 3 heterocycles. The molecule has 0 saturated carbocycles. The molecule has 8 aromatic carbocycles. The Morgan fingerprint density at radius 3 is 1.84 bits per heavy atom. The summed E-state index contributed by atoms with van der Waals surface area (Å²) in [4.78, 5) is 5.38. The molecule has 0 unspecified atom stereocenters. The van der Waals surface area contributed by atoms with Crippen LogP contribution in [0.5, 0.6) is 0 Å². The van der Waals surface area contributed by atoms with Crippen molar-refractivity contribution in [2.24, 2.45) is 0 Å². The molecule has 3 aliphatic heterocycles. The van der Waals surface area contributed by atoms with Gasteiger partial charge in [-0.15, -0.1) is 0 Å². The summed E-state index contributed by atoms with van der Waals surface area (Å²) in [5.41, 5.74) is 20.1. The van der Waals surface area contributed by atoms with Crippen LogP contribution >= 0.6 is 0 Å². The third-order valence-electron chi connectivity index (χ3n) is 14.6. The van der Waals surface area contributed by atoms with Gasteiger partial charge in [0.05, 0.1) is 5.69 Å². The van der Waals surface area contributed by atoms with Crippen LogP contribution in [0.2, 0.25) is 0 Å². The van der Waals surface area contributed by atoms with Gasteiger partial charge in [0.25, 0.3) is 0 Å². The van der Waals surface area contributed by atoms with Gasteiger partial charge in [0, 0.05) is 33.7 Å². The highest BCUT2D eigenvalue weighted by molar-refractivity contribution is 6.94. The lowest BCUT2D eigenvalue weighted by atomic mass is 9.42. The van der Waals surface area contributed by atoms with Gasteiger partial charge in [-0.1, -0.05) is 151 Å². The first-order chi connectivity index (χ1) is 28.0. The minimum atomic E-state index is -0.207. The average molecular weight is 747 g/mol. The maximum Gasteiger partial charge on any atom is 0.333 e. The molecule has 0 spiro atoms. The van der Waals surface area contributed by atoms with Gasteiger partial charge in [0.1, 0.15) is 0 Å². The van der Waals surface area contributed by atoms with Gasteiger partial charge >= 0.3 is 6.85 Å². The molecule has 0 fully saturated rings. The maximum absolute atomic E-state index is 2.72. The standard InChI is InChI=1S/C55H47BN2/c1-53(2)27-28-54(3,4)44-33-47-41(32-43(44)53)50-40-20-13-12-19-38(40)31-49-51(50)56(58(47)39-25-23-35(24-26-39)34-15-8-7-9-16-34)46-22-14-21-42-52(46)57(49)48-30-37-18-11-10-17-36(37)29-45(48)55(42,5)6/h7-26,29-33H,27-28H2,1-6H3. The van der Waals surface area contributed by atoms with Crippen molar-refractivity contribution in [2.75, 3.05) is 9.71 Å². The number of hydrogen-bond acceptors (Lipinski definition) is 2. The lowest BCUT2D eigenvalue weighted by Crippen LogP contribution is -2.62. The first-order valence-electron chi connectivity index (χ1n) is 21.2. The van der Waals surface area contributed by atoms with E-state index in [0.29, 0.717) is 0 Å². The molecular formula is C55H47BN2. The number of rotatable bonds is 2. The normalized spacial score (nSPS) is 17.3. The van der Waals surface area contributed by atoms with Crippen molar-refractivity contribution in [1.29, 1.82) is 0 Å². The van der Waals surface area contributed by atoms with Crippen molar-refractivity contribution in [3.8, 4) is 22.3 Å². The second kappa shape index (κ2) is 11.5. The molecule has 8 aromatic rings. The lowest BCUT2D eigenvalue weighted by molar-refractivity contribution is 0.332. The summed E-state index contributed by atoms with van der Waals surface area (Å²) in [5, 5.41) is 5.18. The van der Waals surface area contributed by atoms with Crippen molar-refractivity contribution in [3.63, 3.8) is 0 Å². The Balaban J connectivity index is 1.23. The van der Waals surface area contributed by atoms with Crippen molar-refractivity contribution in [3.05, 3.63) is 174 Å². The summed E-state index contributed by atoms with van der Waals surface area (Å²) in [6, 6.07) is 58.1. The van der Waals surface area contributed by atoms with E-state index in [1.54, 1.807) is 0 Å². The van der Waals surface area contributed by atoms with E-state index in [1.807, 2.05) is 0 Å². The third kappa shape index (κ3) is 4.51. The molecule has 0 bridgehead atoms. The number of nitrogens with zero attached hydrogens (tertiary/aromatic N) is 2. The van der Waals surface area contributed by atoms with E-state index in [9.17, 15) is 0 Å². The van der Waals surface area contributed by atoms with Gasteiger partial charge in [-0.3, -0.25) is 0 Å². The average Bonchev–Trinajstić information content (AvgIpc) is 3.24.